The zero-order valence-corrected chi connectivity index (χ0v) is 14.3. The van der Waals surface area contributed by atoms with Crippen LogP contribution in [0, 0.1) is 5.92 Å². The van der Waals surface area contributed by atoms with Crippen LogP contribution in [0.5, 0.6) is 0 Å². The molecule has 9 nitrogen and oxygen atoms in total. The highest BCUT2D eigenvalue weighted by Gasteiger charge is 2.29. The number of nitrogens with one attached hydrogen (secondary N) is 2. The van der Waals surface area contributed by atoms with E-state index in [1.165, 1.54) is 0 Å². The molecule has 1 aliphatic rings. The van der Waals surface area contributed by atoms with Crippen molar-refractivity contribution in [2.45, 2.75) is 30.7 Å². The predicted molar refractivity (Wildman–Crippen MR) is 87.5 cm³/mol. The smallest absolute Gasteiger partial charge is 0.265 e. The van der Waals surface area contributed by atoms with Gasteiger partial charge in [-0.25, -0.2) is 13.1 Å². The van der Waals surface area contributed by atoms with Gasteiger partial charge in [0.25, 0.3) is 5.91 Å². The van der Waals surface area contributed by atoms with E-state index in [0.717, 1.165) is 25.1 Å². The monoisotopic (exact) mass is 357 g/mol. The summed E-state index contributed by atoms with van der Waals surface area (Å²) in [4.78, 5) is 27.3. The van der Waals surface area contributed by atoms with Crippen molar-refractivity contribution in [2.75, 3.05) is 19.6 Å². The zero-order valence-electron chi connectivity index (χ0n) is 13.5. The fourth-order valence-corrected chi connectivity index (χ4v) is 3.78. The molecule has 2 heterocycles. The molecule has 0 bridgehead atoms. The van der Waals surface area contributed by atoms with E-state index in [0.29, 0.717) is 19.0 Å². The van der Waals surface area contributed by atoms with E-state index in [2.05, 4.69) is 16.6 Å². The summed E-state index contributed by atoms with van der Waals surface area (Å²) < 4.78 is 26.6. The lowest BCUT2D eigenvalue weighted by molar-refractivity contribution is -0.134. The van der Waals surface area contributed by atoms with Crippen LogP contribution in [0.3, 0.4) is 0 Å². The van der Waals surface area contributed by atoms with E-state index >= 15 is 0 Å². The molecular weight excluding hydrogens is 334 g/mol. The molecule has 1 fully saturated rings. The number of nitrogens with two attached hydrogens (primary N) is 2. The highest BCUT2D eigenvalue weighted by Crippen LogP contribution is 2.21. The lowest BCUT2D eigenvalue weighted by atomic mass is 9.92. The van der Waals surface area contributed by atoms with Gasteiger partial charge in [-0.15, -0.1) is 0 Å². The van der Waals surface area contributed by atoms with Gasteiger partial charge in [0.15, 0.2) is 0 Å². The third-order valence-electron chi connectivity index (χ3n) is 4.22. The summed E-state index contributed by atoms with van der Waals surface area (Å²) in [6.45, 7) is 2.67. The zero-order chi connectivity index (χ0) is 17.9. The van der Waals surface area contributed by atoms with Gasteiger partial charge in [-0.2, -0.15) is 0 Å². The minimum atomic E-state index is -3.91. The number of hydrogen-bond acceptors (Lipinski definition) is 5. The highest BCUT2D eigenvalue weighted by molar-refractivity contribution is 7.89. The second kappa shape index (κ2) is 7.32. The first-order valence-electron chi connectivity index (χ1n) is 7.72. The van der Waals surface area contributed by atoms with Crippen LogP contribution in [0.2, 0.25) is 0 Å². The van der Waals surface area contributed by atoms with Crippen LogP contribution < -0.4 is 16.2 Å². The molecular formula is C14H23N5O4S. The Morgan fingerprint density at radius 2 is 2.17 bits per heavy atom. The molecule has 2 amide bonds. The van der Waals surface area contributed by atoms with Gasteiger partial charge in [-0.3, -0.25) is 9.59 Å². The Kier molecular flexibility index (Phi) is 5.62. The maximum Gasteiger partial charge on any atom is 0.265 e. The van der Waals surface area contributed by atoms with Crippen LogP contribution in [-0.2, 0) is 14.8 Å². The molecule has 24 heavy (non-hydrogen) atoms. The standard InChI is InChI=1S/C14H23N5O4S/c1-9-2-3-19(10(4-9)6-15)13(20)8-18-24(22,23)11-5-12(14(16)21)17-7-11/h5,7,9-10,17-18H,2-4,6,8,15H2,1H3,(H2,16,21). The number of aromatic amines is 1. The number of carbonyl (C=O) groups excluding carboxylic acids is 2. The van der Waals surface area contributed by atoms with Gasteiger partial charge in [0.05, 0.1) is 6.54 Å². The molecule has 134 valence electrons. The molecule has 2 atom stereocenters. The average molecular weight is 357 g/mol. The first kappa shape index (κ1) is 18.4. The largest absolute Gasteiger partial charge is 0.364 e. The maximum absolute atomic E-state index is 12.3. The Morgan fingerprint density at radius 3 is 2.75 bits per heavy atom. The molecule has 1 saturated heterocycles. The van der Waals surface area contributed by atoms with E-state index in [-0.39, 0.29) is 29.1 Å². The van der Waals surface area contributed by atoms with Crippen LogP contribution in [0.4, 0.5) is 0 Å². The average Bonchev–Trinajstić information content (AvgIpc) is 3.03. The SMILES string of the molecule is CC1CCN(C(=O)CNS(=O)(=O)c2c[nH]c(C(N)=O)c2)C(CN)C1. The molecule has 1 aromatic rings. The molecule has 0 spiro atoms. The number of aromatic nitrogens is 1. The summed E-state index contributed by atoms with van der Waals surface area (Å²) in [7, 11) is -3.91. The van der Waals surface area contributed by atoms with E-state index in [4.69, 9.17) is 11.5 Å². The quantitative estimate of drug-likeness (QED) is 0.513. The van der Waals surface area contributed by atoms with Crippen molar-refractivity contribution >= 4 is 21.8 Å². The molecule has 0 radical (unpaired) electrons. The molecule has 10 heteroatoms. The number of sulfonamides is 1. The second-order valence-electron chi connectivity index (χ2n) is 6.04. The van der Waals surface area contributed by atoms with Gasteiger partial charge in [-0.05, 0) is 24.8 Å². The fraction of sp³-hybridized carbons (Fsp3) is 0.571. The molecule has 1 aromatic heterocycles. The third kappa shape index (κ3) is 4.13. The van der Waals surface area contributed by atoms with Crippen molar-refractivity contribution < 1.29 is 18.0 Å². The van der Waals surface area contributed by atoms with Crippen molar-refractivity contribution in [1.82, 2.24) is 14.6 Å². The Bertz CT molecular complexity index is 715. The van der Waals surface area contributed by atoms with Crippen molar-refractivity contribution in [1.29, 1.82) is 0 Å². The molecule has 0 aliphatic carbocycles. The molecule has 1 aliphatic heterocycles. The van der Waals surface area contributed by atoms with Gasteiger partial charge in [-0.1, -0.05) is 6.92 Å². The van der Waals surface area contributed by atoms with Gasteiger partial charge < -0.3 is 21.4 Å². The molecule has 2 unspecified atom stereocenters. The van der Waals surface area contributed by atoms with Crippen LogP contribution in [0.25, 0.3) is 0 Å². The van der Waals surface area contributed by atoms with E-state index < -0.39 is 15.9 Å². The molecule has 0 saturated carbocycles. The number of piperidine rings is 1. The van der Waals surface area contributed by atoms with Crippen molar-refractivity contribution in [3.05, 3.63) is 18.0 Å². The number of rotatable bonds is 6. The number of carbonyl (C=O) groups is 2. The summed E-state index contributed by atoms with van der Waals surface area (Å²) in [5.74, 6) is -0.585. The summed E-state index contributed by atoms with van der Waals surface area (Å²) in [6, 6.07) is 1.06. The van der Waals surface area contributed by atoms with Crippen LogP contribution >= 0.6 is 0 Å². The van der Waals surface area contributed by atoms with Gasteiger partial charge in [0.2, 0.25) is 15.9 Å². The number of nitrogens with zero attached hydrogens (tertiary/aromatic N) is 1. The van der Waals surface area contributed by atoms with E-state index in [1.807, 2.05) is 0 Å². The van der Waals surface area contributed by atoms with Crippen LogP contribution in [0.15, 0.2) is 17.2 Å². The van der Waals surface area contributed by atoms with Gasteiger partial charge >= 0.3 is 0 Å². The lowest BCUT2D eigenvalue weighted by Crippen LogP contribution is -2.52. The first-order valence-corrected chi connectivity index (χ1v) is 9.20. The molecule has 2 rings (SSSR count). The highest BCUT2D eigenvalue weighted by atomic mass is 32.2. The topological polar surface area (TPSA) is 151 Å². The predicted octanol–water partition coefficient (Wildman–Crippen LogP) is -1.02. The number of likely N-dealkylation sites (tertiary alicyclic amines) is 1. The normalized spacial score (nSPS) is 21.7. The van der Waals surface area contributed by atoms with Crippen molar-refractivity contribution in [2.24, 2.45) is 17.4 Å². The molecule has 6 N–H and O–H groups in total. The summed E-state index contributed by atoms with van der Waals surface area (Å²) in [6.07, 6.45) is 2.84. The number of H-pyrrole nitrogens is 1. The summed E-state index contributed by atoms with van der Waals surface area (Å²) in [5, 5.41) is 0. The van der Waals surface area contributed by atoms with Gasteiger partial charge in [0, 0.05) is 25.3 Å². The van der Waals surface area contributed by atoms with E-state index in [9.17, 15) is 18.0 Å². The lowest BCUT2D eigenvalue weighted by Gasteiger charge is -2.38. The second-order valence-corrected chi connectivity index (χ2v) is 7.81. The first-order chi connectivity index (χ1) is 11.2. The van der Waals surface area contributed by atoms with Crippen molar-refractivity contribution in [3.8, 4) is 0 Å². The van der Waals surface area contributed by atoms with E-state index in [1.54, 1.807) is 4.90 Å². The van der Waals surface area contributed by atoms with Crippen LogP contribution in [-0.4, -0.2) is 55.8 Å². The Morgan fingerprint density at radius 1 is 1.46 bits per heavy atom. The van der Waals surface area contributed by atoms with Crippen LogP contribution in [0.1, 0.15) is 30.3 Å². The Hall–Kier alpha value is -1.91. The fourth-order valence-electron chi connectivity index (χ4n) is 2.82. The van der Waals surface area contributed by atoms with Gasteiger partial charge in [0.1, 0.15) is 10.6 Å². The number of amides is 2. The minimum absolute atomic E-state index is 0.0186. The molecule has 0 aromatic carbocycles. The summed E-state index contributed by atoms with van der Waals surface area (Å²) >= 11 is 0. The number of hydrogen-bond donors (Lipinski definition) is 4. The number of primary amides is 1. The third-order valence-corrected chi connectivity index (χ3v) is 5.60. The Balaban J connectivity index is 2.00. The maximum atomic E-state index is 12.3. The summed E-state index contributed by atoms with van der Waals surface area (Å²) in [5.41, 5.74) is 10.8. The Labute approximate surface area is 140 Å². The minimum Gasteiger partial charge on any atom is -0.364 e. The van der Waals surface area contributed by atoms with Crippen molar-refractivity contribution in [3.63, 3.8) is 0 Å².